The molecule has 1 aromatic heterocycles. The zero-order valence-electron chi connectivity index (χ0n) is 13.3. The van der Waals surface area contributed by atoms with E-state index in [1.54, 1.807) is 47.0 Å². The monoisotopic (exact) mass is 344 g/mol. The number of nitrogens with one attached hydrogen (secondary N) is 1. The second-order valence-electron chi connectivity index (χ2n) is 5.92. The van der Waals surface area contributed by atoms with E-state index in [0.717, 1.165) is 11.3 Å². The van der Waals surface area contributed by atoms with Crippen molar-refractivity contribution in [2.75, 3.05) is 0 Å². The lowest BCUT2D eigenvalue weighted by atomic mass is 9.92. The Kier molecular flexibility index (Phi) is 4.69. The molecule has 126 valence electrons. The van der Waals surface area contributed by atoms with Crippen molar-refractivity contribution in [1.82, 2.24) is 9.29 Å². The fourth-order valence-electron chi connectivity index (χ4n) is 3.14. The SMILES string of the molecule is C=CCn1c2c(ccc1=O)C[C@H](NS(=O)(=O)c1ccccc1)CC2. The maximum absolute atomic E-state index is 12.5. The quantitative estimate of drug-likeness (QED) is 0.842. The molecule has 0 saturated carbocycles. The topological polar surface area (TPSA) is 68.2 Å². The molecule has 0 radical (unpaired) electrons. The van der Waals surface area contributed by atoms with Crippen LogP contribution in [0.15, 0.2) is 64.8 Å². The van der Waals surface area contributed by atoms with Gasteiger partial charge in [-0.05, 0) is 37.0 Å². The number of rotatable bonds is 5. The lowest BCUT2D eigenvalue weighted by Gasteiger charge is -2.27. The van der Waals surface area contributed by atoms with E-state index in [-0.39, 0.29) is 16.5 Å². The average molecular weight is 344 g/mol. The minimum atomic E-state index is -3.53. The van der Waals surface area contributed by atoms with Crippen LogP contribution in [0.25, 0.3) is 0 Å². The molecular formula is C18H20N2O3S. The first-order valence-corrected chi connectivity index (χ1v) is 9.39. The summed E-state index contributed by atoms with van der Waals surface area (Å²) in [6.45, 7) is 4.17. The van der Waals surface area contributed by atoms with Gasteiger partial charge in [0.05, 0.1) is 4.90 Å². The molecule has 2 aromatic rings. The second-order valence-corrected chi connectivity index (χ2v) is 7.63. The van der Waals surface area contributed by atoms with Crippen LogP contribution in [-0.2, 0) is 29.4 Å². The Morgan fingerprint density at radius 3 is 2.67 bits per heavy atom. The van der Waals surface area contributed by atoms with Crippen LogP contribution in [-0.4, -0.2) is 19.0 Å². The fraction of sp³-hybridized carbons (Fsp3) is 0.278. The van der Waals surface area contributed by atoms with Gasteiger partial charge in [-0.3, -0.25) is 4.79 Å². The lowest BCUT2D eigenvalue weighted by Crippen LogP contribution is -2.40. The van der Waals surface area contributed by atoms with Gasteiger partial charge >= 0.3 is 0 Å². The van der Waals surface area contributed by atoms with Crippen molar-refractivity contribution in [1.29, 1.82) is 0 Å². The molecule has 0 amide bonds. The molecule has 0 saturated heterocycles. The van der Waals surface area contributed by atoms with E-state index in [9.17, 15) is 13.2 Å². The standard InChI is InChI=1S/C18H20N2O3S/c1-2-12-20-17-10-9-15(13-14(17)8-11-18(20)21)19-24(22,23)16-6-4-3-5-7-16/h2-8,11,15,19H,1,9-10,12-13H2/t15-/m1/s1. The molecule has 3 rings (SSSR count). The van der Waals surface area contributed by atoms with E-state index < -0.39 is 10.0 Å². The zero-order valence-corrected chi connectivity index (χ0v) is 14.1. The van der Waals surface area contributed by atoms with Crippen molar-refractivity contribution >= 4 is 10.0 Å². The molecule has 0 fully saturated rings. The highest BCUT2D eigenvalue weighted by Gasteiger charge is 2.25. The number of hydrogen-bond donors (Lipinski definition) is 1. The zero-order chi connectivity index (χ0) is 17.2. The smallest absolute Gasteiger partial charge is 0.251 e. The maximum atomic E-state index is 12.5. The number of allylic oxidation sites excluding steroid dienone is 1. The predicted molar refractivity (Wildman–Crippen MR) is 93.5 cm³/mol. The molecule has 0 spiro atoms. The van der Waals surface area contributed by atoms with E-state index >= 15 is 0 Å². The minimum Gasteiger partial charge on any atom is -0.309 e. The van der Waals surface area contributed by atoms with Crippen molar-refractivity contribution < 1.29 is 8.42 Å². The summed E-state index contributed by atoms with van der Waals surface area (Å²) in [6.07, 6.45) is 3.62. The van der Waals surface area contributed by atoms with Gasteiger partial charge in [-0.1, -0.05) is 30.3 Å². The predicted octanol–water partition coefficient (Wildman–Crippen LogP) is 1.87. The molecule has 1 aliphatic rings. The molecular weight excluding hydrogens is 324 g/mol. The molecule has 24 heavy (non-hydrogen) atoms. The fourth-order valence-corrected chi connectivity index (χ4v) is 4.43. The number of benzene rings is 1. The molecule has 1 aromatic carbocycles. The highest BCUT2D eigenvalue weighted by molar-refractivity contribution is 7.89. The van der Waals surface area contributed by atoms with Gasteiger partial charge in [0.25, 0.3) is 5.56 Å². The minimum absolute atomic E-state index is 0.0445. The number of nitrogens with zero attached hydrogens (tertiary/aromatic N) is 1. The first-order valence-electron chi connectivity index (χ1n) is 7.91. The summed E-state index contributed by atoms with van der Waals surface area (Å²) >= 11 is 0. The van der Waals surface area contributed by atoms with Crippen LogP contribution in [0.2, 0.25) is 0 Å². The van der Waals surface area contributed by atoms with Crippen molar-refractivity contribution in [3.8, 4) is 0 Å². The molecule has 0 unspecified atom stereocenters. The van der Waals surface area contributed by atoms with Crippen LogP contribution in [0.5, 0.6) is 0 Å². The Labute approximate surface area is 141 Å². The molecule has 1 heterocycles. The van der Waals surface area contributed by atoms with Crippen LogP contribution < -0.4 is 10.3 Å². The number of sulfonamides is 1. The van der Waals surface area contributed by atoms with Crippen LogP contribution in [0.3, 0.4) is 0 Å². The van der Waals surface area contributed by atoms with Gasteiger partial charge in [0, 0.05) is 24.3 Å². The van der Waals surface area contributed by atoms with Gasteiger partial charge in [0.1, 0.15) is 0 Å². The number of pyridine rings is 1. The van der Waals surface area contributed by atoms with Crippen molar-refractivity contribution in [2.45, 2.75) is 36.7 Å². The summed E-state index contributed by atoms with van der Waals surface area (Å²) in [7, 11) is -3.53. The third-order valence-electron chi connectivity index (χ3n) is 4.27. The van der Waals surface area contributed by atoms with Crippen LogP contribution >= 0.6 is 0 Å². The highest BCUT2D eigenvalue weighted by Crippen LogP contribution is 2.22. The lowest BCUT2D eigenvalue weighted by molar-refractivity contribution is 0.490. The van der Waals surface area contributed by atoms with E-state index in [4.69, 9.17) is 0 Å². The van der Waals surface area contributed by atoms with Crippen LogP contribution in [0, 0.1) is 0 Å². The molecule has 6 heteroatoms. The maximum Gasteiger partial charge on any atom is 0.251 e. The Morgan fingerprint density at radius 2 is 1.96 bits per heavy atom. The molecule has 0 aliphatic heterocycles. The average Bonchev–Trinajstić information content (AvgIpc) is 2.58. The molecule has 1 aliphatic carbocycles. The highest BCUT2D eigenvalue weighted by atomic mass is 32.2. The second kappa shape index (κ2) is 6.75. The van der Waals surface area contributed by atoms with Crippen LogP contribution in [0.4, 0.5) is 0 Å². The summed E-state index contributed by atoms with van der Waals surface area (Å²) in [6, 6.07) is 11.5. The van der Waals surface area contributed by atoms with E-state index in [2.05, 4.69) is 11.3 Å². The third-order valence-corrected chi connectivity index (χ3v) is 5.81. The molecule has 5 nitrogen and oxygen atoms in total. The molecule has 1 atom stereocenters. The normalized spacial score (nSPS) is 17.2. The summed E-state index contributed by atoms with van der Waals surface area (Å²) in [5.41, 5.74) is 1.96. The number of hydrogen-bond acceptors (Lipinski definition) is 3. The summed E-state index contributed by atoms with van der Waals surface area (Å²) in [5, 5.41) is 0. The van der Waals surface area contributed by atoms with Gasteiger partial charge in [-0.2, -0.15) is 0 Å². The first kappa shape index (κ1) is 16.7. The largest absolute Gasteiger partial charge is 0.309 e. The Bertz CT molecular complexity index is 902. The molecule has 1 N–H and O–H groups in total. The third kappa shape index (κ3) is 3.34. The Morgan fingerprint density at radius 1 is 1.21 bits per heavy atom. The van der Waals surface area contributed by atoms with Crippen molar-refractivity contribution in [3.63, 3.8) is 0 Å². The van der Waals surface area contributed by atoms with E-state index in [1.165, 1.54) is 6.07 Å². The number of aromatic nitrogens is 1. The van der Waals surface area contributed by atoms with Crippen molar-refractivity contribution in [2.24, 2.45) is 0 Å². The summed E-state index contributed by atoms with van der Waals surface area (Å²) in [5.74, 6) is 0. The Balaban J connectivity index is 1.82. The first-order chi connectivity index (χ1) is 11.5. The van der Waals surface area contributed by atoms with Gasteiger partial charge in [-0.15, -0.1) is 6.58 Å². The van der Waals surface area contributed by atoms with Gasteiger partial charge in [0.15, 0.2) is 0 Å². The van der Waals surface area contributed by atoms with E-state index in [1.807, 2.05) is 0 Å². The molecule has 0 bridgehead atoms. The van der Waals surface area contributed by atoms with Gasteiger partial charge in [0.2, 0.25) is 10.0 Å². The van der Waals surface area contributed by atoms with Crippen LogP contribution in [0.1, 0.15) is 17.7 Å². The van der Waals surface area contributed by atoms with Gasteiger partial charge in [-0.25, -0.2) is 13.1 Å². The summed E-state index contributed by atoms with van der Waals surface area (Å²) < 4.78 is 29.4. The van der Waals surface area contributed by atoms with Crippen molar-refractivity contribution in [3.05, 3.63) is 76.7 Å². The van der Waals surface area contributed by atoms with Gasteiger partial charge < -0.3 is 4.57 Å². The number of fused-ring (bicyclic) bond motifs is 1. The van der Waals surface area contributed by atoms with E-state index in [0.29, 0.717) is 25.8 Å². The Hall–Kier alpha value is -2.18. The summed E-state index contributed by atoms with van der Waals surface area (Å²) in [4.78, 5) is 12.3.